The molecule has 1 saturated carbocycles. The molecule has 0 bridgehead atoms. The Hall–Kier alpha value is -3.26. The van der Waals surface area contributed by atoms with Gasteiger partial charge in [0.25, 0.3) is 5.91 Å². The Morgan fingerprint density at radius 2 is 2.03 bits per heavy atom. The summed E-state index contributed by atoms with van der Waals surface area (Å²) in [7, 11) is 0. The molecule has 0 spiro atoms. The van der Waals surface area contributed by atoms with Crippen LogP contribution in [0.4, 0.5) is 5.13 Å². The average molecular weight is 447 g/mol. The van der Waals surface area contributed by atoms with Crippen LogP contribution in [-0.4, -0.2) is 31.3 Å². The van der Waals surface area contributed by atoms with E-state index in [4.69, 9.17) is 4.98 Å². The standard InChI is InChI=1S/C24H26N6OS/c1-16-8-2-3-10-18(16)28-23(31)21-19-11-5-7-13-30(19)22(29-21)20-15-27-24(32-20)26-14-17-9-4-6-12-25-17/h4-7,9,11-13,15-16,18H,2-3,8,10,14H2,1H3,(H,26,27)(H,28,31)/t16-,18-/m1/s1. The second-order valence-corrected chi connectivity index (χ2v) is 9.32. The van der Waals surface area contributed by atoms with Crippen molar-refractivity contribution < 1.29 is 4.79 Å². The van der Waals surface area contributed by atoms with Crippen LogP contribution in [0.15, 0.2) is 55.0 Å². The first-order chi connectivity index (χ1) is 15.7. The molecule has 5 rings (SSSR count). The second-order valence-electron chi connectivity index (χ2n) is 8.29. The van der Waals surface area contributed by atoms with Gasteiger partial charge in [-0.05, 0) is 43.0 Å². The number of nitrogens with zero attached hydrogens (tertiary/aromatic N) is 4. The Labute approximate surface area is 191 Å². The van der Waals surface area contributed by atoms with Crippen LogP contribution in [0.2, 0.25) is 0 Å². The van der Waals surface area contributed by atoms with Gasteiger partial charge in [0.15, 0.2) is 16.6 Å². The van der Waals surface area contributed by atoms with E-state index < -0.39 is 0 Å². The Morgan fingerprint density at radius 3 is 2.88 bits per heavy atom. The van der Waals surface area contributed by atoms with Gasteiger partial charge in [-0.15, -0.1) is 0 Å². The molecular formula is C24H26N6OS. The summed E-state index contributed by atoms with van der Waals surface area (Å²) in [5.41, 5.74) is 2.22. The van der Waals surface area contributed by atoms with Gasteiger partial charge in [0, 0.05) is 18.4 Å². The van der Waals surface area contributed by atoms with Gasteiger partial charge in [0.1, 0.15) is 0 Å². The number of amides is 1. The van der Waals surface area contributed by atoms with Crippen LogP contribution in [0.25, 0.3) is 16.2 Å². The largest absolute Gasteiger partial charge is 0.356 e. The highest BCUT2D eigenvalue weighted by molar-refractivity contribution is 7.18. The van der Waals surface area contributed by atoms with Crippen LogP contribution in [0.3, 0.4) is 0 Å². The molecule has 0 radical (unpaired) electrons. The van der Waals surface area contributed by atoms with Crippen LogP contribution in [0.5, 0.6) is 0 Å². The van der Waals surface area contributed by atoms with Crippen LogP contribution in [0.1, 0.15) is 48.8 Å². The highest BCUT2D eigenvalue weighted by Gasteiger charge is 2.26. The maximum absolute atomic E-state index is 13.2. The molecule has 0 aromatic carbocycles. The van der Waals surface area contributed by atoms with Crippen LogP contribution >= 0.6 is 11.3 Å². The summed E-state index contributed by atoms with van der Waals surface area (Å²) in [6.07, 6.45) is 10.1. The van der Waals surface area contributed by atoms with E-state index in [1.807, 2.05) is 47.0 Å². The predicted molar refractivity (Wildman–Crippen MR) is 127 cm³/mol. The van der Waals surface area contributed by atoms with Crippen LogP contribution in [0, 0.1) is 5.92 Å². The molecule has 0 saturated heterocycles. The first-order valence-corrected chi connectivity index (χ1v) is 11.9. The normalized spacial score (nSPS) is 18.5. The lowest BCUT2D eigenvalue weighted by atomic mass is 9.86. The van der Waals surface area contributed by atoms with Crippen molar-refractivity contribution in [3.8, 4) is 10.7 Å². The number of aromatic nitrogens is 4. The number of anilines is 1. The van der Waals surface area contributed by atoms with Crippen molar-refractivity contribution in [2.24, 2.45) is 5.92 Å². The summed E-state index contributed by atoms with van der Waals surface area (Å²) in [4.78, 5) is 27.7. The predicted octanol–water partition coefficient (Wildman–Crippen LogP) is 4.77. The SMILES string of the molecule is C[C@@H]1CCCC[C@H]1NC(=O)c1nc(-c2cnc(NCc3ccccn3)s2)n2ccccc12. The molecule has 32 heavy (non-hydrogen) atoms. The minimum atomic E-state index is -0.100. The minimum absolute atomic E-state index is 0.100. The number of fused-ring (bicyclic) bond motifs is 1. The van der Waals surface area contributed by atoms with Gasteiger partial charge in [-0.1, -0.05) is 43.2 Å². The topological polar surface area (TPSA) is 84.2 Å². The fraction of sp³-hybridized carbons (Fsp3) is 0.333. The Morgan fingerprint density at radius 1 is 1.16 bits per heavy atom. The van der Waals surface area contributed by atoms with Crippen molar-refractivity contribution in [2.75, 3.05) is 5.32 Å². The van der Waals surface area contributed by atoms with E-state index in [1.165, 1.54) is 24.2 Å². The molecular weight excluding hydrogens is 420 g/mol. The molecule has 164 valence electrons. The molecule has 1 fully saturated rings. The summed E-state index contributed by atoms with van der Waals surface area (Å²) in [6.45, 7) is 2.82. The molecule has 0 unspecified atom stereocenters. The number of carbonyl (C=O) groups is 1. The van der Waals surface area contributed by atoms with Gasteiger partial charge in [-0.3, -0.25) is 14.2 Å². The quantitative estimate of drug-likeness (QED) is 0.446. The summed E-state index contributed by atoms with van der Waals surface area (Å²) in [5.74, 6) is 1.12. The number of hydrogen-bond acceptors (Lipinski definition) is 6. The molecule has 0 aliphatic heterocycles. The van der Waals surface area contributed by atoms with Gasteiger partial charge in [-0.25, -0.2) is 9.97 Å². The van der Waals surface area contributed by atoms with Crippen molar-refractivity contribution in [3.63, 3.8) is 0 Å². The number of imidazole rings is 1. The first kappa shape index (κ1) is 20.6. The molecule has 7 nitrogen and oxygen atoms in total. The Balaban J connectivity index is 1.39. The van der Waals surface area contributed by atoms with E-state index in [9.17, 15) is 4.79 Å². The lowest BCUT2D eigenvalue weighted by molar-refractivity contribution is 0.0907. The third-order valence-corrected chi connectivity index (χ3v) is 7.02. The van der Waals surface area contributed by atoms with E-state index in [2.05, 4.69) is 27.5 Å². The lowest BCUT2D eigenvalue weighted by Gasteiger charge is -2.29. The number of thiazole rings is 1. The summed E-state index contributed by atoms with van der Waals surface area (Å²) >= 11 is 1.52. The summed E-state index contributed by atoms with van der Waals surface area (Å²) in [6, 6.07) is 11.9. The maximum atomic E-state index is 13.2. The Kier molecular flexibility index (Phi) is 5.85. The van der Waals surface area contributed by atoms with Crippen molar-refractivity contribution in [1.82, 2.24) is 24.7 Å². The van der Waals surface area contributed by atoms with E-state index >= 15 is 0 Å². The van der Waals surface area contributed by atoms with Gasteiger partial charge >= 0.3 is 0 Å². The zero-order valence-electron chi connectivity index (χ0n) is 18.0. The van der Waals surface area contributed by atoms with Gasteiger partial charge in [0.05, 0.1) is 28.8 Å². The summed E-state index contributed by atoms with van der Waals surface area (Å²) < 4.78 is 1.97. The zero-order chi connectivity index (χ0) is 21.9. The monoisotopic (exact) mass is 446 g/mol. The molecule has 1 amide bonds. The molecule has 4 aromatic heterocycles. The third-order valence-electron chi connectivity index (χ3n) is 6.06. The van der Waals surface area contributed by atoms with Crippen molar-refractivity contribution in [3.05, 3.63) is 66.4 Å². The van der Waals surface area contributed by atoms with Crippen molar-refractivity contribution in [2.45, 2.75) is 45.2 Å². The molecule has 4 aromatic rings. The van der Waals surface area contributed by atoms with E-state index in [0.29, 0.717) is 18.2 Å². The molecule has 8 heteroatoms. The fourth-order valence-electron chi connectivity index (χ4n) is 4.27. The molecule has 4 heterocycles. The molecule has 1 aliphatic carbocycles. The number of nitrogens with one attached hydrogen (secondary N) is 2. The lowest BCUT2D eigenvalue weighted by Crippen LogP contribution is -2.41. The second kappa shape index (κ2) is 9.08. The highest BCUT2D eigenvalue weighted by Crippen LogP contribution is 2.31. The van der Waals surface area contributed by atoms with Gasteiger partial charge < -0.3 is 10.6 Å². The molecule has 2 N–H and O–H groups in total. The number of carbonyl (C=O) groups excluding carboxylic acids is 1. The summed E-state index contributed by atoms with van der Waals surface area (Å²) in [5, 5.41) is 7.35. The van der Waals surface area contributed by atoms with Gasteiger partial charge in [-0.2, -0.15) is 0 Å². The van der Waals surface area contributed by atoms with Crippen molar-refractivity contribution >= 4 is 27.9 Å². The van der Waals surface area contributed by atoms with Gasteiger partial charge in [0.2, 0.25) is 0 Å². The van der Waals surface area contributed by atoms with E-state index in [-0.39, 0.29) is 11.9 Å². The highest BCUT2D eigenvalue weighted by atomic mass is 32.1. The number of hydrogen-bond donors (Lipinski definition) is 2. The zero-order valence-corrected chi connectivity index (χ0v) is 18.8. The third kappa shape index (κ3) is 4.23. The maximum Gasteiger partial charge on any atom is 0.272 e. The minimum Gasteiger partial charge on any atom is -0.356 e. The fourth-order valence-corrected chi connectivity index (χ4v) is 5.07. The first-order valence-electron chi connectivity index (χ1n) is 11.1. The average Bonchev–Trinajstić information content (AvgIpc) is 3.45. The molecule has 2 atom stereocenters. The Bertz CT molecular complexity index is 1220. The smallest absolute Gasteiger partial charge is 0.272 e. The van der Waals surface area contributed by atoms with Crippen molar-refractivity contribution in [1.29, 1.82) is 0 Å². The molecule has 1 aliphatic rings. The van der Waals surface area contributed by atoms with Crippen LogP contribution < -0.4 is 10.6 Å². The number of pyridine rings is 2. The van der Waals surface area contributed by atoms with Crippen LogP contribution in [-0.2, 0) is 6.54 Å². The van der Waals surface area contributed by atoms with E-state index in [1.54, 1.807) is 12.4 Å². The number of rotatable bonds is 6. The van der Waals surface area contributed by atoms with E-state index in [0.717, 1.165) is 39.9 Å².